The first-order valence-electron chi connectivity index (χ1n) is 10.8. The van der Waals surface area contributed by atoms with Gasteiger partial charge in [0.1, 0.15) is 29.5 Å². The predicted molar refractivity (Wildman–Crippen MR) is 119 cm³/mol. The van der Waals surface area contributed by atoms with Crippen molar-refractivity contribution in [3.05, 3.63) is 76.9 Å². The van der Waals surface area contributed by atoms with Gasteiger partial charge in [0.05, 0.1) is 7.11 Å². The first kappa shape index (κ1) is 19.0. The van der Waals surface area contributed by atoms with Crippen molar-refractivity contribution in [1.29, 1.82) is 0 Å². The molecule has 1 saturated carbocycles. The summed E-state index contributed by atoms with van der Waals surface area (Å²) in [6, 6.07) is 19.1. The van der Waals surface area contributed by atoms with Gasteiger partial charge >= 0.3 is 0 Å². The molecule has 0 radical (unpaired) electrons. The molecule has 0 bridgehead atoms. The van der Waals surface area contributed by atoms with Crippen LogP contribution in [0.3, 0.4) is 0 Å². The molecule has 3 nitrogen and oxygen atoms in total. The maximum atomic E-state index is 6.76. The van der Waals surface area contributed by atoms with Crippen molar-refractivity contribution in [3.63, 3.8) is 0 Å². The Morgan fingerprint density at radius 3 is 2.30 bits per heavy atom. The minimum atomic E-state index is -0.255. The Bertz CT molecular complexity index is 1080. The second kappa shape index (κ2) is 7.39. The smallest absolute Gasteiger partial charge is 0.135 e. The zero-order valence-corrected chi connectivity index (χ0v) is 18.0. The lowest BCUT2D eigenvalue weighted by molar-refractivity contribution is 0.0704. The van der Waals surface area contributed by atoms with Crippen molar-refractivity contribution in [2.75, 3.05) is 7.11 Å². The lowest BCUT2D eigenvalue weighted by Crippen LogP contribution is -2.33. The molecule has 0 amide bonds. The lowest BCUT2D eigenvalue weighted by atomic mass is 9.81. The standard InChI is InChI=1S/C27H28O3/c1-18-13-21-22-14-19(2)25(29-17-20-9-5-4-6-10-20)16-26(22)30-27(11-7-8-12-27)23(21)15-24(18)28-3/h4-6,9-10,13-16H,7-8,11-12,17H2,1-3H3. The van der Waals surface area contributed by atoms with E-state index in [0.717, 1.165) is 52.3 Å². The van der Waals surface area contributed by atoms with Gasteiger partial charge in [-0.15, -0.1) is 0 Å². The summed E-state index contributed by atoms with van der Waals surface area (Å²) in [6.45, 7) is 4.77. The molecule has 0 saturated heterocycles. The third-order valence-corrected chi connectivity index (χ3v) is 6.55. The van der Waals surface area contributed by atoms with E-state index >= 15 is 0 Å². The second-order valence-corrected chi connectivity index (χ2v) is 8.56. The zero-order chi connectivity index (χ0) is 20.7. The highest BCUT2D eigenvalue weighted by Crippen LogP contribution is 2.54. The van der Waals surface area contributed by atoms with Crippen LogP contribution in [-0.4, -0.2) is 7.11 Å². The Morgan fingerprint density at radius 1 is 0.867 bits per heavy atom. The average Bonchev–Trinajstić information content (AvgIpc) is 3.22. The van der Waals surface area contributed by atoms with Crippen LogP contribution < -0.4 is 14.2 Å². The summed E-state index contributed by atoms with van der Waals surface area (Å²) >= 11 is 0. The van der Waals surface area contributed by atoms with Crippen molar-refractivity contribution >= 4 is 0 Å². The largest absolute Gasteiger partial charge is 0.496 e. The van der Waals surface area contributed by atoms with E-state index in [2.05, 4.69) is 50.2 Å². The molecule has 1 heterocycles. The highest BCUT2D eigenvalue weighted by atomic mass is 16.5. The van der Waals surface area contributed by atoms with Gasteiger partial charge in [0.15, 0.2) is 0 Å². The molecule has 30 heavy (non-hydrogen) atoms. The van der Waals surface area contributed by atoms with Crippen LogP contribution in [-0.2, 0) is 12.2 Å². The van der Waals surface area contributed by atoms with Crippen LogP contribution in [0, 0.1) is 13.8 Å². The van der Waals surface area contributed by atoms with Gasteiger partial charge in [-0.3, -0.25) is 0 Å². The van der Waals surface area contributed by atoms with Gasteiger partial charge in [-0.25, -0.2) is 0 Å². The van der Waals surface area contributed by atoms with Crippen LogP contribution >= 0.6 is 0 Å². The number of benzene rings is 3. The highest BCUT2D eigenvalue weighted by Gasteiger charge is 2.44. The molecule has 5 rings (SSSR count). The molecule has 0 atom stereocenters. The minimum absolute atomic E-state index is 0.255. The van der Waals surface area contributed by atoms with E-state index in [9.17, 15) is 0 Å². The molecule has 0 aromatic heterocycles. The van der Waals surface area contributed by atoms with Crippen LogP contribution in [0.1, 0.15) is 47.9 Å². The second-order valence-electron chi connectivity index (χ2n) is 8.56. The average molecular weight is 401 g/mol. The fourth-order valence-corrected chi connectivity index (χ4v) is 4.95. The van der Waals surface area contributed by atoms with Crippen molar-refractivity contribution in [1.82, 2.24) is 0 Å². The van der Waals surface area contributed by atoms with Gasteiger partial charge in [0, 0.05) is 17.2 Å². The van der Waals surface area contributed by atoms with E-state index in [-0.39, 0.29) is 5.60 Å². The van der Waals surface area contributed by atoms with Crippen LogP contribution in [0.2, 0.25) is 0 Å². The van der Waals surface area contributed by atoms with Gasteiger partial charge in [0.25, 0.3) is 0 Å². The maximum absolute atomic E-state index is 6.76. The van der Waals surface area contributed by atoms with Crippen molar-refractivity contribution in [3.8, 4) is 28.4 Å². The summed E-state index contributed by atoms with van der Waals surface area (Å²) in [5.41, 5.74) is 6.87. The number of fused-ring (bicyclic) bond motifs is 4. The Balaban J connectivity index is 1.58. The van der Waals surface area contributed by atoms with Crippen molar-refractivity contribution < 1.29 is 14.2 Å². The van der Waals surface area contributed by atoms with E-state index in [1.54, 1.807) is 7.11 Å². The molecule has 3 aromatic rings. The summed E-state index contributed by atoms with van der Waals surface area (Å²) in [4.78, 5) is 0. The summed E-state index contributed by atoms with van der Waals surface area (Å²) in [6.07, 6.45) is 4.46. The third kappa shape index (κ3) is 3.13. The molecule has 154 valence electrons. The van der Waals surface area contributed by atoms with E-state index < -0.39 is 0 Å². The number of ether oxygens (including phenoxy) is 3. The molecule has 1 spiro atoms. The normalized spacial score (nSPS) is 16.0. The maximum Gasteiger partial charge on any atom is 0.135 e. The molecule has 0 N–H and O–H groups in total. The summed E-state index contributed by atoms with van der Waals surface area (Å²) < 4.78 is 18.6. The lowest BCUT2D eigenvalue weighted by Gasteiger charge is -2.38. The molecule has 0 unspecified atom stereocenters. The highest BCUT2D eigenvalue weighted by molar-refractivity contribution is 5.80. The SMILES string of the molecule is COc1cc2c(cc1C)-c1cc(C)c(OCc3ccccc3)cc1OC21CCCC1. The zero-order valence-electron chi connectivity index (χ0n) is 18.0. The fraction of sp³-hybridized carbons (Fsp3) is 0.333. The van der Waals surface area contributed by atoms with Gasteiger partial charge in [0.2, 0.25) is 0 Å². The molecule has 1 fully saturated rings. The van der Waals surface area contributed by atoms with E-state index in [1.165, 1.54) is 24.0 Å². The van der Waals surface area contributed by atoms with E-state index in [1.807, 2.05) is 18.2 Å². The monoisotopic (exact) mass is 400 g/mol. The summed E-state index contributed by atoms with van der Waals surface area (Å²) in [5.74, 6) is 2.76. The quantitative estimate of drug-likeness (QED) is 0.486. The van der Waals surface area contributed by atoms with Gasteiger partial charge < -0.3 is 14.2 Å². The van der Waals surface area contributed by atoms with Crippen molar-refractivity contribution in [2.45, 2.75) is 51.7 Å². The Kier molecular flexibility index (Phi) is 4.69. The number of aryl methyl sites for hydroxylation is 2. The molecular formula is C27H28O3. The molecular weight excluding hydrogens is 372 g/mol. The number of hydrogen-bond donors (Lipinski definition) is 0. The third-order valence-electron chi connectivity index (χ3n) is 6.55. The summed E-state index contributed by atoms with van der Waals surface area (Å²) in [5, 5.41) is 0. The van der Waals surface area contributed by atoms with Gasteiger partial charge in [-0.05, 0) is 80.0 Å². The topological polar surface area (TPSA) is 27.7 Å². The van der Waals surface area contributed by atoms with Crippen LogP contribution in [0.5, 0.6) is 17.2 Å². The first-order chi connectivity index (χ1) is 14.6. The Labute approximate surface area is 178 Å². The molecule has 1 aliphatic heterocycles. The van der Waals surface area contributed by atoms with Crippen molar-refractivity contribution in [2.24, 2.45) is 0 Å². The van der Waals surface area contributed by atoms with Gasteiger partial charge in [-0.1, -0.05) is 30.3 Å². The van der Waals surface area contributed by atoms with E-state index in [0.29, 0.717) is 6.61 Å². The van der Waals surface area contributed by atoms with Crippen LogP contribution in [0.4, 0.5) is 0 Å². The molecule has 3 heteroatoms. The minimum Gasteiger partial charge on any atom is -0.496 e. The van der Waals surface area contributed by atoms with E-state index in [4.69, 9.17) is 14.2 Å². The number of rotatable bonds is 4. The van der Waals surface area contributed by atoms with Gasteiger partial charge in [-0.2, -0.15) is 0 Å². The molecule has 1 aliphatic carbocycles. The molecule has 2 aliphatic rings. The molecule has 3 aromatic carbocycles. The summed E-state index contributed by atoms with van der Waals surface area (Å²) in [7, 11) is 1.74. The predicted octanol–water partition coefficient (Wildman–Crippen LogP) is 6.72. The number of hydrogen-bond acceptors (Lipinski definition) is 3. The Morgan fingerprint density at radius 2 is 1.57 bits per heavy atom. The first-order valence-corrected chi connectivity index (χ1v) is 10.8. The van der Waals surface area contributed by atoms with Crippen LogP contribution in [0.15, 0.2) is 54.6 Å². The fourth-order valence-electron chi connectivity index (χ4n) is 4.95. The van der Waals surface area contributed by atoms with Crippen LogP contribution in [0.25, 0.3) is 11.1 Å². The Hall–Kier alpha value is -2.94. The number of methoxy groups -OCH3 is 1.